The Balaban J connectivity index is 1.46. The monoisotopic (exact) mass is 474 g/mol. The minimum atomic E-state index is -0.967. The van der Waals surface area contributed by atoms with Gasteiger partial charge in [-0.3, -0.25) is 14.4 Å². The molecule has 3 atom stereocenters. The first-order valence-corrected chi connectivity index (χ1v) is 11.5. The maximum Gasteiger partial charge on any atom is 0.328 e. The molecule has 2 heterocycles. The third kappa shape index (κ3) is 5.65. The number of carbonyl (C=O) groups is 4. The van der Waals surface area contributed by atoms with Crippen LogP contribution in [0.5, 0.6) is 0 Å². The van der Waals surface area contributed by atoms with Gasteiger partial charge in [-0.2, -0.15) is 0 Å². The van der Waals surface area contributed by atoms with Crippen LogP contribution in [0.3, 0.4) is 0 Å². The fraction of sp³-hybridized carbons (Fsp3) is 0.478. The molecule has 2 fully saturated rings. The molecule has 33 heavy (non-hydrogen) atoms. The molecule has 3 amide bonds. The van der Waals surface area contributed by atoms with Gasteiger partial charge in [0.15, 0.2) is 0 Å². The summed E-state index contributed by atoms with van der Waals surface area (Å²) in [7, 11) is 1.24. The van der Waals surface area contributed by atoms with Gasteiger partial charge in [0.25, 0.3) is 5.91 Å². The molecule has 4 N–H and O–H groups in total. The zero-order chi connectivity index (χ0) is 23.5. The molecule has 0 radical (unpaired) electrons. The number of hydrogen-bond acceptors (Lipinski definition) is 5. The number of benzene rings is 1. The van der Waals surface area contributed by atoms with Gasteiger partial charge >= 0.3 is 5.97 Å². The second kappa shape index (κ2) is 9.82. The Hall–Kier alpha value is -3.07. The summed E-state index contributed by atoms with van der Waals surface area (Å²) >= 11 is 6.02. The lowest BCUT2D eigenvalue weighted by Gasteiger charge is -2.23. The van der Waals surface area contributed by atoms with Gasteiger partial charge < -0.3 is 25.7 Å². The standard InChI is InChI=1S/C23H27ClN4O5/c1-33-23(32)19(10-14-6-7-25-20(14)29)28-21(30)17(8-12-2-3-12)27-22(31)18-9-13-4-5-15(24)11-16(13)26-18/h4-5,9,11-12,14,17,19,26H,2-3,6-8,10H2,1H3,(H,25,29)(H,27,31)(H,28,30)/t14-,17?,19?/m0/s1. The van der Waals surface area contributed by atoms with E-state index in [1.54, 1.807) is 24.3 Å². The topological polar surface area (TPSA) is 129 Å². The van der Waals surface area contributed by atoms with E-state index in [4.69, 9.17) is 16.3 Å². The highest BCUT2D eigenvalue weighted by Gasteiger charge is 2.35. The molecule has 1 saturated heterocycles. The number of hydrogen-bond donors (Lipinski definition) is 4. The van der Waals surface area contributed by atoms with Crippen molar-refractivity contribution in [2.75, 3.05) is 13.7 Å². The first-order valence-electron chi connectivity index (χ1n) is 11.1. The molecule has 1 aliphatic heterocycles. The maximum atomic E-state index is 13.1. The lowest BCUT2D eigenvalue weighted by molar-refractivity contribution is -0.146. The fourth-order valence-corrected chi connectivity index (χ4v) is 4.33. The highest BCUT2D eigenvalue weighted by Crippen LogP contribution is 2.33. The number of nitrogens with one attached hydrogen (secondary N) is 4. The molecular formula is C23H27ClN4O5. The molecule has 9 nitrogen and oxygen atoms in total. The molecule has 2 aromatic rings. The van der Waals surface area contributed by atoms with E-state index in [0.29, 0.717) is 36.0 Å². The Morgan fingerprint density at radius 2 is 1.91 bits per heavy atom. The summed E-state index contributed by atoms with van der Waals surface area (Å²) in [6.07, 6.45) is 3.20. The van der Waals surface area contributed by atoms with Crippen molar-refractivity contribution >= 4 is 46.2 Å². The Morgan fingerprint density at radius 1 is 1.12 bits per heavy atom. The minimum absolute atomic E-state index is 0.139. The molecule has 2 aliphatic rings. The Labute approximate surface area is 195 Å². The number of aromatic nitrogens is 1. The highest BCUT2D eigenvalue weighted by atomic mass is 35.5. The zero-order valence-electron chi connectivity index (χ0n) is 18.3. The van der Waals surface area contributed by atoms with Gasteiger partial charge in [0.05, 0.1) is 7.11 Å². The average molecular weight is 475 g/mol. The molecule has 1 aliphatic carbocycles. The van der Waals surface area contributed by atoms with Gasteiger partial charge in [0.1, 0.15) is 17.8 Å². The molecule has 2 unspecified atom stereocenters. The van der Waals surface area contributed by atoms with E-state index in [1.807, 2.05) is 0 Å². The van der Waals surface area contributed by atoms with Crippen LogP contribution in [0.4, 0.5) is 0 Å². The molecule has 1 aromatic carbocycles. The number of fused-ring (bicyclic) bond motifs is 1. The summed E-state index contributed by atoms with van der Waals surface area (Å²) in [6.45, 7) is 0.543. The second-order valence-corrected chi connectivity index (χ2v) is 9.15. The zero-order valence-corrected chi connectivity index (χ0v) is 19.0. The number of aromatic amines is 1. The molecule has 0 bridgehead atoms. The summed E-state index contributed by atoms with van der Waals surface area (Å²) < 4.78 is 4.84. The third-order valence-corrected chi connectivity index (χ3v) is 6.44. The number of H-pyrrole nitrogens is 1. The van der Waals surface area contributed by atoms with Crippen molar-refractivity contribution in [3.8, 4) is 0 Å². The number of esters is 1. The van der Waals surface area contributed by atoms with Crippen molar-refractivity contribution < 1.29 is 23.9 Å². The molecule has 176 valence electrons. The second-order valence-electron chi connectivity index (χ2n) is 8.72. The number of halogens is 1. The van der Waals surface area contributed by atoms with Crippen LogP contribution in [0.15, 0.2) is 24.3 Å². The van der Waals surface area contributed by atoms with Crippen molar-refractivity contribution in [3.63, 3.8) is 0 Å². The molecule has 1 saturated carbocycles. The normalized spacial score (nSPS) is 19.6. The maximum absolute atomic E-state index is 13.1. The summed E-state index contributed by atoms with van der Waals surface area (Å²) in [5.41, 5.74) is 1.03. The first-order chi connectivity index (χ1) is 15.8. The van der Waals surface area contributed by atoms with E-state index in [2.05, 4.69) is 20.9 Å². The lowest BCUT2D eigenvalue weighted by Crippen LogP contribution is -2.52. The SMILES string of the molecule is COC(=O)C(C[C@@H]1CCNC1=O)NC(=O)C(CC1CC1)NC(=O)c1cc2ccc(Cl)cc2[nH]1. The van der Waals surface area contributed by atoms with E-state index in [0.717, 1.165) is 23.7 Å². The van der Waals surface area contributed by atoms with Gasteiger partial charge in [-0.1, -0.05) is 30.5 Å². The summed E-state index contributed by atoms with van der Waals surface area (Å²) in [4.78, 5) is 53.3. The van der Waals surface area contributed by atoms with Crippen LogP contribution in [0.1, 0.15) is 42.6 Å². The van der Waals surface area contributed by atoms with E-state index < -0.39 is 29.9 Å². The van der Waals surface area contributed by atoms with Crippen LogP contribution in [0, 0.1) is 11.8 Å². The van der Waals surface area contributed by atoms with Crippen molar-refractivity contribution in [2.45, 2.75) is 44.2 Å². The van der Waals surface area contributed by atoms with Crippen LogP contribution in [-0.4, -0.2) is 54.4 Å². The summed E-state index contributed by atoms with van der Waals surface area (Å²) in [5.74, 6) is -1.67. The molecule has 0 spiro atoms. The van der Waals surface area contributed by atoms with E-state index >= 15 is 0 Å². The molecule has 4 rings (SSSR count). The summed E-state index contributed by atoms with van der Waals surface area (Å²) in [5, 5.41) is 9.61. The molecule has 10 heteroatoms. The van der Waals surface area contributed by atoms with Gasteiger partial charge in [-0.15, -0.1) is 0 Å². The number of rotatable bonds is 9. The fourth-order valence-electron chi connectivity index (χ4n) is 4.16. The molecule has 1 aromatic heterocycles. The largest absolute Gasteiger partial charge is 0.467 e. The van der Waals surface area contributed by atoms with Crippen molar-refractivity contribution in [2.24, 2.45) is 11.8 Å². The number of methoxy groups -OCH3 is 1. The van der Waals surface area contributed by atoms with Gasteiger partial charge in [0, 0.05) is 28.4 Å². The van der Waals surface area contributed by atoms with Crippen molar-refractivity contribution in [3.05, 3.63) is 35.0 Å². The first kappa shape index (κ1) is 23.1. The Morgan fingerprint density at radius 3 is 2.58 bits per heavy atom. The predicted molar refractivity (Wildman–Crippen MR) is 122 cm³/mol. The summed E-state index contributed by atoms with van der Waals surface area (Å²) in [6, 6.07) is 5.18. The van der Waals surface area contributed by atoms with Gasteiger partial charge in [-0.05, 0) is 43.4 Å². The van der Waals surface area contributed by atoms with E-state index in [1.165, 1.54) is 7.11 Å². The van der Waals surface area contributed by atoms with Crippen LogP contribution < -0.4 is 16.0 Å². The van der Waals surface area contributed by atoms with Crippen LogP contribution in [-0.2, 0) is 19.1 Å². The van der Waals surface area contributed by atoms with Crippen LogP contribution >= 0.6 is 11.6 Å². The average Bonchev–Trinajstić information content (AvgIpc) is 3.37. The van der Waals surface area contributed by atoms with E-state index in [9.17, 15) is 19.2 Å². The predicted octanol–water partition coefficient (Wildman–Crippen LogP) is 1.90. The van der Waals surface area contributed by atoms with Gasteiger partial charge in [-0.25, -0.2) is 4.79 Å². The Kier molecular flexibility index (Phi) is 6.88. The number of ether oxygens (including phenoxy) is 1. The van der Waals surface area contributed by atoms with Crippen LogP contribution in [0.2, 0.25) is 5.02 Å². The lowest BCUT2D eigenvalue weighted by atomic mass is 9.97. The third-order valence-electron chi connectivity index (χ3n) is 6.20. The van der Waals surface area contributed by atoms with Crippen molar-refractivity contribution in [1.29, 1.82) is 0 Å². The highest BCUT2D eigenvalue weighted by molar-refractivity contribution is 6.31. The van der Waals surface area contributed by atoms with Crippen LogP contribution in [0.25, 0.3) is 10.9 Å². The Bertz CT molecular complexity index is 1080. The minimum Gasteiger partial charge on any atom is -0.467 e. The quantitative estimate of drug-likeness (QED) is 0.412. The van der Waals surface area contributed by atoms with Gasteiger partial charge in [0.2, 0.25) is 11.8 Å². The smallest absolute Gasteiger partial charge is 0.328 e. The van der Waals surface area contributed by atoms with E-state index in [-0.39, 0.29) is 18.2 Å². The number of amides is 3. The van der Waals surface area contributed by atoms with Crippen molar-refractivity contribution in [1.82, 2.24) is 20.9 Å². The number of carbonyl (C=O) groups excluding carboxylic acids is 4. The molecular weight excluding hydrogens is 448 g/mol.